The van der Waals surface area contributed by atoms with Crippen LogP contribution in [0.5, 0.6) is 0 Å². The Hall–Kier alpha value is -1.27. The fourth-order valence-corrected chi connectivity index (χ4v) is 1.40. The van der Waals surface area contributed by atoms with Crippen LogP contribution in [-0.2, 0) is 9.53 Å². The van der Waals surface area contributed by atoms with Crippen molar-refractivity contribution in [3.05, 3.63) is 33.8 Å². The Morgan fingerprint density at radius 3 is 2.88 bits per heavy atom. The Kier molecular flexibility index (Phi) is 5.07. The maximum Gasteiger partial charge on any atom is 0.317 e. The molecule has 1 aromatic carbocycles. The highest BCUT2D eigenvalue weighted by molar-refractivity contribution is 9.10. The summed E-state index contributed by atoms with van der Waals surface area (Å²) < 4.78 is 5.83. The van der Waals surface area contributed by atoms with E-state index in [-0.39, 0.29) is 12.4 Å². The number of esters is 1. The van der Waals surface area contributed by atoms with Gasteiger partial charge in [-0.25, -0.2) is 0 Å². The van der Waals surface area contributed by atoms with Gasteiger partial charge in [-0.3, -0.25) is 4.79 Å². The number of benzene rings is 1. The predicted octanol–water partition coefficient (Wildman–Crippen LogP) is 3.06. The summed E-state index contributed by atoms with van der Waals surface area (Å²) in [6.07, 6.45) is 0.142. The van der Waals surface area contributed by atoms with Gasteiger partial charge < -0.3 is 4.74 Å². The molecule has 2 nitrogen and oxygen atoms in total. The molecule has 0 aliphatic carbocycles. The highest BCUT2D eigenvalue weighted by Gasteiger charge is 1.97. The highest BCUT2D eigenvalue weighted by Crippen LogP contribution is 2.16. The van der Waals surface area contributed by atoms with Gasteiger partial charge in [0.15, 0.2) is 0 Å². The fourth-order valence-electron chi connectivity index (χ4n) is 1.15. The quantitative estimate of drug-likeness (QED) is 0.615. The molecule has 0 atom stereocenters. The Labute approximate surface area is 104 Å². The number of rotatable bonds is 2. The van der Waals surface area contributed by atoms with Crippen LogP contribution in [0.3, 0.4) is 0 Å². The van der Waals surface area contributed by atoms with Crippen LogP contribution < -0.4 is 0 Å². The van der Waals surface area contributed by atoms with E-state index in [4.69, 9.17) is 4.74 Å². The average Bonchev–Trinajstić information content (AvgIpc) is 2.24. The Bertz CT molecular complexity index is 441. The Balaban J connectivity index is 2.63. The third-order valence-electron chi connectivity index (χ3n) is 1.93. The van der Waals surface area contributed by atoms with Crippen molar-refractivity contribution in [3.8, 4) is 11.8 Å². The van der Waals surface area contributed by atoms with Crippen LogP contribution >= 0.6 is 15.9 Å². The Morgan fingerprint density at radius 2 is 2.25 bits per heavy atom. The van der Waals surface area contributed by atoms with E-state index in [1.165, 1.54) is 0 Å². The largest absolute Gasteiger partial charge is 0.465 e. The summed E-state index contributed by atoms with van der Waals surface area (Å²) in [5.74, 6) is 5.45. The van der Waals surface area contributed by atoms with E-state index in [0.717, 1.165) is 15.6 Å². The van der Waals surface area contributed by atoms with Crippen molar-refractivity contribution in [2.45, 2.75) is 20.3 Å². The summed E-state index contributed by atoms with van der Waals surface area (Å²) in [6.45, 7) is 4.18. The van der Waals surface area contributed by atoms with Crippen LogP contribution in [0.1, 0.15) is 24.5 Å². The maximum atomic E-state index is 11.0. The molecule has 0 aromatic heterocycles. The minimum atomic E-state index is -0.274. The molecule has 3 heteroatoms. The molecule has 1 aromatic rings. The molecule has 0 radical (unpaired) electrons. The molecule has 0 fully saturated rings. The second kappa shape index (κ2) is 6.34. The van der Waals surface area contributed by atoms with Crippen molar-refractivity contribution in [2.24, 2.45) is 0 Å². The molecule has 16 heavy (non-hydrogen) atoms. The molecule has 1 rings (SSSR count). The van der Waals surface area contributed by atoms with Crippen molar-refractivity contribution >= 4 is 21.9 Å². The summed E-state index contributed by atoms with van der Waals surface area (Å²) >= 11 is 3.42. The molecule has 0 bridgehead atoms. The zero-order chi connectivity index (χ0) is 12.0. The fraction of sp³-hybridized carbons (Fsp3) is 0.308. The average molecular weight is 281 g/mol. The van der Waals surface area contributed by atoms with E-state index in [9.17, 15) is 4.79 Å². The number of halogens is 1. The van der Waals surface area contributed by atoms with Gasteiger partial charge in [-0.05, 0) is 37.6 Å². The first-order valence-corrected chi connectivity index (χ1v) is 5.83. The van der Waals surface area contributed by atoms with Crippen molar-refractivity contribution < 1.29 is 9.53 Å². The van der Waals surface area contributed by atoms with Crippen molar-refractivity contribution in [1.29, 1.82) is 0 Å². The monoisotopic (exact) mass is 280 g/mol. The first-order valence-electron chi connectivity index (χ1n) is 5.04. The summed E-state index contributed by atoms with van der Waals surface area (Å²) in [5, 5.41) is 0. The number of ether oxygens (including phenoxy) is 1. The van der Waals surface area contributed by atoms with Gasteiger partial charge in [0.25, 0.3) is 0 Å². The smallest absolute Gasteiger partial charge is 0.317 e. The molecule has 0 saturated heterocycles. The second-order valence-electron chi connectivity index (χ2n) is 3.25. The highest BCUT2D eigenvalue weighted by atomic mass is 79.9. The molecule has 0 spiro atoms. The van der Waals surface area contributed by atoms with Gasteiger partial charge in [0, 0.05) is 10.0 Å². The van der Waals surface area contributed by atoms with Crippen LogP contribution in [0.25, 0.3) is 0 Å². The molecule has 0 amide bonds. The lowest BCUT2D eigenvalue weighted by atomic mass is 10.1. The number of hydrogen-bond donors (Lipinski definition) is 0. The van der Waals surface area contributed by atoms with Gasteiger partial charge >= 0.3 is 5.97 Å². The first kappa shape index (κ1) is 12.8. The van der Waals surface area contributed by atoms with E-state index >= 15 is 0 Å². The Morgan fingerprint density at radius 1 is 1.50 bits per heavy atom. The minimum Gasteiger partial charge on any atom is -0.465 e. The van der Waals surface area contributed by atoms with E-state index in [0.29, 0.717) is 6.61 Å². The molecular weight excluding hydrogens is 268 g/mol. The molecule has 0 saturated carbocycles. The van der Waals surface area contributed by atoms with Gasteiger partial charge in [0.1, 0.15) is 6.42 Å². The molecule has 0 aliphatic rings. The van der Waals surface area contributed by atoms with E-state index in [1.54, 1.807) is 6.92 Å². The lowest BCUT2D eigenvalue weighted by molar-refractivity contribution is -0.141. The zero-order valence-electron chi connectivity index (χ0n) is 9.34. The van der Waals surface area contributed by atoms with E-state index < -0.39 is 0 Å². The van der Waals surface area contributed by atoms with E-state index in [2.05, 4.69) is 27.8 Å². The predicted molar refractivity (Wildman–Crippen MR) is 67.0 cm³/mol. The molecule has 0 N–H and O–H groups in total. The molecule has 84 valence electrons. The van der Waals surface area contributed by atoms with Gasteiger partial charge in [-0.2, -0.15) is 0 Å². The summed E-state index contributed by atoms with van der Waals surface area (Å²) in [7, 11) is 0. The first-order chi connectivity index (χ1) is 7.63. The zero-order valence-corrected chi connectivity index (χ0v) is 10.9. The van der Waals surface area contributed by atoms with Crippen LogP contribution in [0.4, 0.5) is 0 Å². The molecule has 0 aliphatic heterocycles. The second-order valence-corrected chi connectivity index (χ2v) is 4.10. The maximum absolute atomic E-state index is 11.0. The van der Waals surface area contributed by atoms with Crippen LogP contribution in [-0.4, -0.2) is 12.6 Å². The minimum absolute atomic E-state index is 0.142. The number of hydrogen-bond acceptors (Lipinski definition) is 2. The third kappa shape index (κ3) is 4.08. The lowest BCUT2D eigenvalue weighted by Crippen LogP contribution is -2.01. The van der Waals surface area contributed by atoms with Crippen LogP contribution in [0.15, 0.2) is 22.7 Å². The van der Waals surface area contributed by atoms with Gasteiger partial charge in [-0.1, -0.05) is 27.8 Å². The summed E-state index contributed by atoms with van der Waals surface area (Å²) in [5.41, 5.74) is 2.04. The van der Waals surface area contributed by atoms with Gasteiger partial charge in [0.2, 0.25) is 0 Å². The normalized spacial score (nSPS) is 9.19. The van der Waals surface area contributed by atoms with E-state index in [1.807, 2.05) is 25.1 Å². The van der Waals surface area contributed by atoms with Crippen LogP contribution in [0, 0.1) is 18.8 Å². The van der Waals surface area contributed by atoms with Gasteiger partial charge in [-0.15, -0.1) is 0 Å². The SMILES string of the molecule is CCOC(=O)CC#Cc1ccc(Br)c(C)c1. The third-order valence-corrected chi connectivity index (χ3v) is 2.82. The molecular formula is C13H13BrO2. The van der Waals surface area contributed by atoms with Crippen molar-refractivity contribution in [3.63, 3.8) is 0 Å². The molecule has 0 heterocycles. The van der Waals surface area contributed by atoms with Crippen LogP contribution in [0.2, 0.25) is 0 Å². The summed E-state index contributed by atoms with van der Waals surface area (Å²) in [6, 6.07) is 5.83. The standard InChI is InChI=1S/C13H13BrO2/c1-3-16-13(15)6-4-5-11-7-8-12(14)10(2)9-11/h7-9H,3,6H2,1-2H3. The van der Waals surface area contributed by atoms with Crippen molar-refractivity contribution in [2.75, 3.05) is 6.61 Å². The number of carbonyl (C=O) groups is 1. The molecule has 0 unspecified atom stereocenters. The topological polar surface area (TPSA) is 26.3 Å². The van der Waals surface area contributed by atoms with Gasteiger partial charge in [0.05, 0.1) is 6.61 Å². The number of carbonyl (C=O) groups excluding carboxylic acids is 1. The number of aryl methyl sites for hydroxylation is 1. The van der Waals surface area contributed by atoms with Crippen molar-refractivity contribution in [1.82, 2.24) is 0 Å². The lowest BCUT2D eigenvalue weighted by Gasteiger charge is -1.97. The summed E-state index contributed by atoms with van der Waals surface area (Å²) in [4.78, 5) is 11.0.